The van der Waals surface area contributed by atoms with Gasteiger partial charge in [-0.15, -0.1) is 0 Å². The average Bonchev–Trinajstić information content (AvgIpc) is 2.30. The zero-order chi connectivity index (χ0) is 10.3. The van der Waals surface area contributed by atoms with Crippen LogP contribution in [0.4, 0.5) is 0 Å². The lowest BCUT2D eigenvalue weighted by Crippen LogP contribution is -2.55. The third-order valence-corrected chi connectivity index (χ3v) is 3.58. The number of nitrogens with zero attached hydrogens (tertiary/aromatic N) is 1. The quantitative estimate of drug-likeness (QED) is 0.726. The van der Waals surface area contributed by atoms with Crippen molar-refractivity contribution < 1.29 is 4.79 Å². The summed E-state index contributed by atoms with van der Waals surface area (Å²) in [6, 6.07) is 10.5. The Morgan fingerprint density at radius 2 is 1.80 bits per heavy atom. The fraction of sp³-hybridized carbons (Fsp3) is 0.462. The van der Waals surface area contributed by atoms with E-state index in [9.17, 15) is 4.79 Å². The molecule has 2 heteroatoms. The van der Waals surface area contributed by atoms with Crippen LogP contribution in [0.3, 0.4) is 0 Å². The summed E-state index contributed by atoms with van der Waals surface area (Å²) in [5.41, 5.74) is 1.35. The highest BCUT2D eigenvalue weighted by molar-refractivity contribution is 5.90. The summed E-state index contributed by atoms with van der Waals surface area (Å²) in [5.74, 6) is 1.22. The number of carbonyl (C=O) groups is 1. The first kappa shape index (κ1) is 9.10. The standard InChI is InChI=1S/C13H15NO/c15-13-11-6-12(13)9-14(8-11)7-10-4-2-1-3-5-10/h1-5,11-12H,6-9H2/t11-,12+. The molecule has 0 amide bonds. The summed E-state index contributed by atoms with van der Waals surface area (Å²) in [4.78, 5) is 13.8. The molecule has 2 saturated heterocycles. The molecule has 0 unspecified atom stereocenters. The van der Waals surface area contributed by atoms with E-state index in [0.29, 0.717) is 17.6 Å². The first-order valence-corrected chi connectivity index (χ1v) is 5.63. The predicted octanol–water partition coefficient (Wildman–Crippen LogP) is 1.71. The van der Waals surface area contributed by atoms with Crippen LogP contribution >= 0.6 is 0 Å². The molecule has 1 aromatic rings. The number of fused-ring (bicyclic) bond motifs is 2. The Balaban J connectivity index is 1.64. The summed E-state index contributed by atoms with van der Waals surface area (Å²) in [6.07, 6.45) is 1.14. The molecular weight excluding hydrogens is 186 g/mol. The summed E-state index contributed by atoms with van der Waals surface area (Å²) in [6.45, 7) is 2.95. The molecule has 2 nitrogen and oxygen atoms in total. The summed E-state index contributed by atoms with van der Waals surface area (Å²) in [5, 5.41) is 0. The maximum absolute atomic E-state index is 11.4. The van der Waals surface area contributed by atoms with E-state index in [1.807, 2.05) is 6.07 Å². The minimum Gasteiger partial charge on any atom is -0.299 e. The van der Waals surface area contributed by atoms with Gasteiger partial charge in [-0.1, -0.05) is 30.3 Å². The van der Waals surface area contributed by atoms with Gasteiger partial charge in [-0.2, -0.15) is 0 Å². The summed E-state index contributed by atoms with van der Waals surface area (Å²) < 4.78 is 0. The van der Waals surface area contributed by atoms with Crippen molar-refractivity contribution in [2.45, 2.75) is 13.0 Å². The first-order chi connectivity index (χ1) is 7.33. The summed E-state index contributed by atoms with van der Waals surface area (Å²) >= 11 is 0. The van der Waals surface area contributed by atoms with Gasteiger partial charge < -0.3 is 0 Å². The fourth-order valence-electron chi connectivity index (χ4n) is 2.75. The number of hydrogen-bond donors (Lipinski definition) is 0. The van der Waals surface area contributed by atoms with E-state index in [1.165, 1.54) is 5.56 Å². The molecule has 3 fully saturated rings. The van der Waals surface area contributed by atoms with Crippen molar-refractivity contribution in [2.24, 2.45) is 11.8 Å². The molecule has 0 radical (unpaired) electrons. The van der Waals surface area contributed by atoms with E-state index < -0.39 is 0 Å². The Morgan fingerprint density at radius 1 is 1.13 bits per heavy atom. The molecule has 1 saturated carbocycles. The Hall–Kier alpha value is -1.15. The molecule has 1 aromatic carbocycles. The van der Waals surface area contributed by atoms with E-state index in [1.54, 1.807) is 0 Å². The van der Waals surface area contributed by atoms with Crippen LogP contribution in [0.25, 0.3) is 0 Å². The molecule has 1 aliphatic carbocycles. The fourth-order valence-corrected chi connectivity index (χ4v) is 2.75. The Bertz CT molecular complexity index is 359. The lowest BCUT2D eigenvalue weighted by atomic mass is 9.69. The van der Waals surface area contributed by atoms with Crippen molar-refractivity contribution in [3.05, 3.63) is 35.9 Å². The monoisotopic (exact) mass is 201 g/mol. The minimum absolute atomic E-state index is 0.354. The number of rotatable bonds is 2. The minimum atomic E-state index is 0.354. The first-order valence-electron chi connectivity index (χ1n) is 5.63. The highest BCUT2D eigenvalue weighted by Gasteiger charge is 2.45. The van der Waals surface area contributed by atoms with Crippen LogP contribution < -0.4 is 0 Å². The number of hydrogen-bond acceptors (Lipinski definition) is 2. The Labute approximate surface area is 89.9 Å². The van der Waals surface area contributed by atoms with Gasteiger partial charge >= 0.3 is 0 Å². The molecule has 2 aliphatic heterocycles. The number of benzene rings is 1. The SMILES string of the molecule is O=C1[C@@H]2C[C@H]1CN(Cc1ccccc1)C2. The van der Waals surface area contributed by atoms with Gasteiger partial charge in [-0.3, -0.25) is 9.69 Å². The van der Waals surface area contributed by atoms with Gasteiger partial charge in [-0.05, 0) is 12.0 Å². The predicted molar refractivity (Wildman–Crippen MR) is 58.3 cm³/mol. The van der Waals surface area contributed by atoms with Crippen molar-refractivity contribution in [1.29, 1.82) is 0 Å². The zero-order valence-corrected chi connectivity index (χ0v) is 8.73. The Kier molecular flexibility index (Phi) is 2.10. The van der Waals surface area contributed by atoms with Crippen molar-refractivity contribution >= 4 is 5.78 Å². The van der Waals surface area contributed by atoms with Crippen molar-refractivity contribution in [3.63, 3.8) is 0 Å². The molecule has 4 rings (SSSR count). The van der Waals surface area contributed by atoms with Crippen LogP contribution in [0.1, 0.15) is 12.0 Å². The molecule has 78 valence electrons. The van der Waals surface area contributed by atoms with Gasteiger partial charge in [0.05, 0.1) is 0 Å². The van der Waals surface area contributed by atoms with Gasteiger partial charge in [-0.25, -0.2) is 0 Å². The molecule has 3 aliphatic rings. The van der Waals surface area contributed by atoms with Crippen LogP contribution in [-0.4, -0.2) is 23.8 Å². The van der Waals surface area contributed by atoms with Crippen LogP contribution in [0.2, 0.25) is 0 Å². The van der Waals surface area contributed by atoms with E-state index >= 15 is 0 Å². The van der Waals surface area contributed by atoms with Gasteiger partial charge in [0.1, 0.15) is 5.78 Å². The molecule has 0 aromatic heterocycles. The van der Waals surface area contributed by atoms with Gasteiger partial charge in [0.15, 0.2) is 0 Å². The highest BCUT2D eigenvalue weighted by Crippen LogP contribution is 2.36. The normalized spacial score (nSPS) is 30.0. The number of ketones is 1. The van der Waals surface area contributed by atoms with Crippen LogP contribution in [0, 0.1) is 11.8 Å². The number of carbonyl (C=O) groups excluding carboxylic acids is 1. The molecular formula is C13H15NO. The smallest absolute Gasteiger partial charge is 0.141 e. The maximum atomic E-state index is 11.4. The zero-order valence-electron chi connectivity index (χ0n) is 8.73. The van der Waals surface area contributed by atoms with E-state index in [2.05, 4.69) is 29.2 Å². The Morgan fingerprint density at radius 3 is 2.40 bits per heavy atom. The third kappa shape index (κ3) is 1.59. The third-order valence-electron chi connectivity index (χ3n) is 3.58. The molecule has 15 heavy (non-hydrogen) atoms. The van der Waals surface area contributed by atoms with Gasteiger partial charge in [0.25, 0.3) is 0 Å². The molecule has 0 N–H and O–H groups in total. The lowest BCUT2D eigenvalue weighted by Gasteiger charge is -2.45. The highest BCUT2D eigenvalue weighted by atomic mass is 16.1. The van der Waals surface area contributed by atoms with E-state index in [4.69, 9.17) is 0 Å². The van der Waals surface area contributed by atoms with Crippen molar-refractivity contribution in [3.8, 4) is 0 Å². The number of Topliss-reactive ketones (excluding diaryl/α,β-unsaturated/α-hetero) is 1. The second kappa shape index (κ2) is 3.46. The maximum Gasteiger partial charge on any atom is 0.141 e. The molecule has 2 bridgehead atoms. The van der Waals surface area contributed by atoms with E-state index in [-0.39, 0.29) is 0 Å². The van der Waals surface area contributed by atoms with Crippen molar-refractivity contribution in [2.75, 3.05) is 13.1 Å². The van der Waals surface area contributed by atoms with Gasteiger partial charge in [0.2, 0.25) is 0 Å². The van der Waals surface area contributed by atoms with Gasteiger partial charge in [0, 0.05) is 31.5 Å². The van der Waals surface area contributed by atoms with Crippen LogP contribution in [0.15, 0.2) is 30.3 Å². The molecule has 2 heterocycles. The second-order valence-corrected chi connectivity index (χ2v) is 4.71. The lowest BCUT2D eigenvalue weighted by molar-refractivity contribution is -0.143. The molecule has 0 spiro atoms. The van der Waals surface area contributed by atoms with Crippen LogP contribution in [-0.2, 0) is 11.3 Å². The molecule has 2 atom stereocenters. The van der Waals surface area contributed by atoms with Crippen molar-refractivity contribution in [1.82, 2.24) is 4.90 Å². The summed E-state index contributed by atoms with van der Waals surface area (Å²) in [7, 11) is 0. The largest absolute Gasteiger partial charge is 0.299 e. The van der Waals surface area contributed by atoms with E-state index in [0.717, 1.165) is 26.1 Å². The second-order valence-electron chi connectivity index (χ2n) is 4.71. The topological polar surface area (TPSA) is 20.3 Å². The van der Waals surface area contributed by atoms with Crippen LogP contribution in [0.5, 0.6) is 0 Å². The number of piperidine rings is 2. The average molecular weight is 201 g/mol.